The zero-order chi connectivity index (χ0) is 20.6. The number of ether oxygens (including phenoxy) is 2. The summed E-state index contributed by atoms with van der Waals surface area (Å²) in [6.07, 6.45) is 4.18. The van der Waals surface area contributed by atoms with Crippen LogP contribution in [0, 0.1) is 6.92 Å². The first kappa shape index (κ1) is 20.7. The highest BCUT2D eigenvalue weighted by Gasteiger charge is 2.18. The molecule has 0 fully saturated rings. The average Bonchev–Trinajstić information content (AvgIpc) is 3.38. The lowest BCUT2D eigenvalue weighted by atomic mass is 10.1. The van der Waals surface area contributed by atoms with E-state index in [-0.39, 0.29) is 12.5 Å². The third-order valence-electron chi connectivity index (χ3n) is 4.38. The predicted molar refractivity (Wildman–Crippen MR) is 114 cm³/mol. The number of thiophene rings is 1. The molecule has 1 amide bonds. The van der Waals surface area contributed by atoms with Crippen molar-refractivity contribution in [1.82, 2.24) is 4.90 Å². The number of benzene rings is 1. The molecule has 5 nitrogen and oxygen atoms in total. The van der Waals surface area contributed by atoms with Crippen LogP contribution in [0.4, 0.5) is 0 Å². The van der Waals surface area contributed by atoms with Gasteiger partial charge in [-0.3, -0.25) is 4.79 Å². The van der Waals surface area contributed by atoms with E-state index in [1.54, 1.807) is 29.6 Å². The second-order valence-electron chi connectivity index (χ2n) is 6.61. The van der Waals surface area contributed by atoms with Crippen molar-refractivity contribution < 1.29 is 18.7 Å². The molecule has 2 aromatic heterocycles. The number of hydrogen-bond acceptors (Lipinski definition) is 5. The van der Waals surface area contributed by atoms with Gasteiger partial charge in [-0.15, -0.1) is 17.9 Å². The topological polar surface area (TPSA) is 51.9 Å². The third kappa shape index (κ3) is 5.74. The summed E-state index contributed by atoms with van der Waals surface area (Å²) in [5.41, 5.74) is 1.07. The van der Waals surface area contributed by atoms with Crippen LogP contribution in [0.3, 0.4) is 0 Å². The fourth-order valence-electron chi connectivity index (χ4n) is 2.94. The Morgan fingerprint density at radius 2 is 2.07 bits per heavy atom. The van der Waals surface area contributed by atoms with Crippen LogP contribution in [0.1, 0.15) is 21.1 Å². The highest BCUT2D eigenvalue weighted by atomic mass is 32.1. The third-order valence-corrected chi connectivity index (χ3v) is 5.37. The van der Waals surface area contributed by atoms with Gasteiger partial charge < -0.3 is 18.8 Å². The van der Waals surface area contributed by atoms with Gasteiger partial charge in [0.1, 0.15) is 5.76 Å². The summed E-state index contributed by atoms with van der Waals surface area (Å²) < 4.78 is 16.6. The Hall–Kier alpha value is -2.99. The summed E-state index contributed by atoms with van der Waals surface area (Å²) in [6.45, 7) is 6.62. The van der Waals surface area contributed by atoms with Gasteiger partial charge in [0.2, 0.25) is 0 Å². The number of rotatable bonds is 10. The van der Waals surface area contributed by atoms with Gasteiger partial charge in [-0.05, 0) is 55.3 Å². The van der Waals surface area contributed by atoms with Gasteiger partial charge in [-0.2, -0.15) is 0 Å². The van der Waals surface area contributed by atoms with E-state index in [1.165, 1.54) is 4.88 Å². The Kier molecular flexibility index (Phi) is 7.14. The molecule has 0 aliphatic rings. The van der Waals surface area contributed by atoms with Crippen LogP contribution in [0.5, 0.6) is 11.5 Å². The first-order valence-corrected chi connectivity index (χ1v) is 10.2. The molecule has 1 aromatic carbocycles. The minimum atomic E-state index is -0.121. The van der Waals surface area contributed by atoms with Crippen molar-refractivity contribution in [2.45, 2.75) is 26.4 Å². The molecule has 0 bridgehead atoms. The molecular formula is C23H25NO4S. The second kappa shape index (κ2) is 9.98. The highest BCUT2D eigenvalue weighted by Crippen LogP contribution is 2.28. The van der Waals surface area contributed by atoms with E-state index in [0.29, 0.717) is 24.6 Å². The molecule has 0 radical (unpaired) electrons. The number of furan rings is 1. The smallest absolute Gasteiger partial charge is 0.261 e. The Labute approximate surface area is 175 Å². The number of amides is 1. The number of aryl methyl sites for hydroxylation is 1. The first-order valence-electron chi connectivity index (χ1n) is 9.35. The van der Waals surface area contributed by atoms with Gasteiger partial charge in [0.15, 0.2) is 18.1 Å². The fraction of sp³-hybridized carbons (Fsp3) is 0.261. The van der Waals surface area contributed by atoms with Crippen LogP contribution in [0.2, 0.25) is 0 Å². The Balaban J connectivity index is 1.69. The van der Waals surface area contributed by atoms with Crippen LogP contribution >= 0.6 is 11.3 Å². The van der Waals surface area contributed by atoms with E-state index in [9.17, 15) is 4.79 Å². The molecule has 0 atom stereocenters. The second-order valence-corrected chi connectivity index (χ2v) is 7.98. The van der Waals surface area contributed by atoms with Crippen LogP contribution < -0.4 is 9.47 Å². The highest BCUT2D eigenvalue weighted by molar-refractivity contribution is 7.11. The maximum Gasteiger partial charge on any atom is 0.261 e. The fourth-order valence-corrected chi connectivity index (χ4v) is 3.84. The van der Waals surface area contributed by atoms with Crippen molar-refractivity contribution in [2.75, 3.05) is 13.7 Å². The molecule has 29 heavy (non-hydrogen) atoms. The summed E-state index contributed by atoms with van der Waals surface area (Å²) in [4.78, 5) is 17.0. The maximum atomic E-state index is 12.9. The first-order chi connectivity index (χ1) is 14.1. The van der Waals surface area contributed by atoms with E-state index in [0.717, 1.165) is 22.6 Å². The van der Waals surface area contributed by atoms with E-state index in [4.69, 9.17) is 13.9 Å². The van der Waals surface area contributed by atoms with Gasteiger partial charge in [0, 0.05) is 9.75 Å². The summed E-state index contributed by atoms with van der Waals surface area (Å²) in [6, 6.07) is 13.5. The molecule has 6 heteroatoms. The zero-order valence-electron chi connectivity index (χ0n) is 16.7. The van der Waals surface area contributed by atoms with E-state index in [1.807, 2.05) is 42.5 Å². The van der Waals surface area contributed by atoms with Crippen molar-refractivity contribution >= 4 is 17.2 Å². The van der Waals surface area contributed by atoms with E-state index < -0.39 is 0 Å². The van der Waals surface area contributed by atoms with E-state index in [2.05, 4.69) is 19.6 Å². The number of carbonyl (C=O) groups excluding carboxylic acids is 1. The molecule has 0 spiro atoms. The number of carbonyl (C=O) groups is 1. The molecule has 0 aliphatic heterocycles. The Morgan fingerprint density at radius 1 is 1.21 bits per heavy atom. The Bertz CT molecular complexity index is 946. The molecular weight excluding hydrogens is 386 g/mol. The van der Waals surface area contributed by atoms with Crippen LogP contribution in [-0.4, -0.2) is 24.5 Å². The number of allylic oxidation sites excluding steroid dienone is 1. The van der Waals surface area contributed by atoms with Gasteiger partial charge in [-0.1, -0.05) is 12.1 Å². The largest absolute Gasteiger partial charge is 0.493 e. The molecule has 3 aromatic rings. The molecule has 0 N–H and O–H groups in total. The van der Waals surface area contributed by atoms with Crippen molar-refractivity contribution in [3.63, 3.8) is 0 Å². The SMILES string of the molecule is C=CCc1ccc(OCC(=O)N(Cc2ccco2)Cc2ccc(C)s2)c(OC)c1. The van der Waals surface area contributed by atoms with Crippen LogP contribution in [0.15, 0.2) is 65.8 Å². The summed E-state index contributed by atoms with van der Waals surface area (Å²) in [5.74, 6) is 1.75. The lowest BCUT2D eigenvalue weighted by Gasteiger charge is -2.21. The molecule has 0 saturated heterocycles. The van der Waals surface area contributed by atoms with Crippen LogP contribution in [0.25, 0.3) is 0 Å². The zero-order valence-corrected chi connectivity index (χ0v) is 17.5. The van der Waals surface area contributed by atoms with Crippen LogP contribution in [-0.2, 0) is 24.3 Å². The monoisotopic (exact) mass is 411 g/mol. The molecule has 0 saturated carbocycles. The van der Waals surface area contributed by atoms with Gasteiger partial charge in [0.05, 0.1) is 26.5 Å². The van der Waals surface area contributed by atoms with Crippen molar-refractivity contribution in [3.05, 3.63) is 82.5 Å². The minimum absolute atomic E-state index is 0.0811. The lowest BCUT2D eigenvalue weighted by molar-refractivity contribution is -0.134. The Morgan fingerprint density at radius 3 is 2.72 bits per heavy atom. The molecule has 0 unspecified atom stereocenters. The number of hydrogen-bond donors (Lipinski definition) is 0. The van der Waals surface area contributed by atoms with Gasteiger partial charge in [0.25, 0.3) is 5.91 Å². The standard InChI is InChI=1S/C23H25NO4S/c1-4-6-18-9-11-21(22(13-18)26-3)28-16-23(25)24(14-19-7-5-12-27-19)15-20-10-8-17(2)29-20/h4-5,7-13H,1,6,14-16H2,2-3H3. The summed E-state index contributed by atoms with van der Waals surface area (Å²) in [5, 5.41) is 0. The van der Waals surface area contributed by atoms with Crippen molar-refractivity contribution in [3.8, 4) is 11.5 Å². The quantitative estimate of drug-likeness (QED) is 0.441. The van der Waals surface area contributed by atoms with E-state index >= 15 is 0 Å². The molecule has 0 aliphatic carbocycles. The summed E-state index contributed by atoms with van der Waals surface area (Å²) in [7, 11) is 1.59. The molecule has 152 valence electrons. The molecule has 2 heterocycles. The lowest BCUT2D eigenvalue weighted by Crippen LogP contribution is -2.33. The number of nitrogens with zero attached hydrogens (tertiary/aromatic N) is 1. The normalized spacial score (nSPS) is 10.6. The number of methoxy groups -OCH3 is 1. The summed E-state index contributed by atoms with van der Waals surface area (Å²) >= 11 is 1.68. The van der Waals surface area contributed by atoms with Gasteiger partial charge >= 0.3 is 0 Å². The molecule has 3 rings (SSSR count). The maximum absolute atomic E-state index is 12.9. The predicted octanol–water partition coefficient (Wildman–Crippen LogP) is 4.99. The van der Waals surface area contributed by atoms with Crippen molar-refractivity contribution in [1.29, 1.82) is 0 Å². The minimum Gasteiger partial charge on any atom is -0.493 e. The van der Waals surface area contributed by atoms with Gasteiger partial charge in [-0.25, -0.2) is 0 Å². The van der Waals surface area contributed by atoms with Crippen molar-refractivity contribution in [2.24, 2.45) is 0 Å². The average molecular weight is 412 g/mol.